The van der Waals surface area contributed by atoms with Gasteiger partial charge in [0.2, 0.25) is 0 Å². The third-order valence-electron chi connectivity index (χ3n) is 5.66. The molecule has 31 heavy (non-hydrogen) atoms. The molecule has 1 atom stereocenters. The third-order valence-corrected chi connectivity index (χ3v) is 5.66. The zero-order valence-electron chi connectivity index (χ0n) is 17.7. The number of hydrogen-bond donors (Lipinski definition) is 0. The fourth-order valence-electron chi connectivity index (χ4n) is 3.88. The molecule has 0 N–H and O–H groups in total. The average Bonchev–Trinajstić information content (AvgIpc) is 3.31. The summed E-state index contributed by atoms with van der Waals surface area (Å²) in [5.41, 5.74) is 2.55. The van der Waals surface area contributed by atoms with Gasteiger partial charge in [-0.15, -0.1) is 0 Å². The number of pyridine rings is 1. The molecular weight excluding hydrogens is 395 g/mol. The number of aromatic nitrogens is 1. The van der Waals surface area contributed by atoms with E-state index in [9.17, 15) is 9.18 Å². The van der Waals surface area contributed by atoms with Gasteiger partial charge in [0.05, 0.1) is 6.10 Å². The molecule has 0 saturated carbocycles. The van der Waals surface area contributed by atoms with Crippen molar-refractivity contribution in [1.29, 1.82) is 0 Å². The molecule has 162 valence electrons. The van der Waals surface area contributed by atoms with Gasteiger partial charge in [-0.1, -0.05) is 24.3 Å². The Bertz CT molecular complexity index is 1040. The molecule has 1 fully saturated rings. The lowest BCUT2D eigenvalue weighted by molar-refractivity contribution is 0.0710. The van der Waals surface area contributed by atoms with E-state index in [1.165, 1.54) is 31.0 Å². The first kappa shape index (κ1) is 21.3. The molecule has 5 nitrogen and oxygen atoms in total. The van der Waals surface area contributed by atoms with E-state index in [1.807, 2.05) is 24.3 Å². The molecule has 4 rings (SSSR count). The minimum atomic E-state index is -0.287. The summed E-state index contributed by atoms with van der Waals surface area (Å²) in [5, 5.41) is 0. The second-order valence-corrected chi connectivity index (χ2v) is 7.81. The van der Waals surface area contributed by atoms with E-state index in [0.717, 1.165) is 36.4 Å². The van der Waals surface area contributed by atoms with Gasteiger partial charge in [-0.3, -0.25) is 9.36 Å². The first-order valence-corrected chi connectivity index (χ1v) is 10.6. The molecule has 0 radical (unpaired) electrons. The second-order valence-electron chi connectivity index (χ2n) is 7.81. The highest BCUT2D eigenvalue weighted by Gasteiger charge is 2.18. The number of ether oxygens (including phenoxy) is 2. The van der Waals surface area contributed by atoms with Crippen LogP contribution >= 0.6 is 0 Å². The Labute approximate surface area is 181 Å². The van der Waals surface area contributed by atoms with Gasteiger partial charge in [-0.05, 0) is 67.4 Å². The lowest BCUT2D eigenvalue weighted by atomic mass is 10.1. The van der Waals surface area contributed by atoms with Crippen LogP contribution in [0.3, 0.4) is 0 Å². The smallest absolute Gasteiger partial charge is 0.258 e. The van der Waals surface area contributed by atoms with E-state index in [0.29, 0.717) is 5.75 Å². The predicted molar refractivity (Wildman–Crippen MR) is 118 cm³/mol. The van der Waals surface area contributed by atoms with Gasteiger partial charge in [0.15, 0.2) is 0 Å². The number of benzene rings is 2. The maximum absolute atomic E-state index is 13.0. The van der Waals surface area contributed by atoms with Crippen LogP contribution in [0.1, 0.15) is 30.1 Å². The van der Waals surface area contributed by atoms with Crippen molar-refractivity contribution in [3.63, 3.8) is 0 Å². The second kappa shape index (κ2) is 9.90. The van der Waals surface area contributed by atoms with Crippen molar-refractivity contribution in [2.24, 2.45) is 0 Å². The summed E-state index contributed by atoms with van der Waals surface area (Å²) in [5.74, 6) is 0.192. The molecule has 2 aromatic carbocycles. The molecule has 6 heteroatoms. The Balaban J connectivity index is 1.42. The number of hydrogen-bond acceptors (Lipinski definition) is 4. The topological polar surface area (TPSA) is 43.7 Å². The van der Waals surface area contributed by atoms with E-state index in [1.54, 1.807) is 36.1 Å². The monoisotopic (exact) mass is 422 g/mol. The first-order valence-electron chi connectivity index (χ1n) is 10.6. The van der Waals surface area contributed by atoms with Crippen molar-refractivity contribution in [3.8, 4) is 11.4 Å². The fraction of sp³-hybridized carbons (Fsp3) is 0.320. The number of methoxy groups -OCH3 is 1. The first-order chi connectivity index (χ1) is 15.1. The lowest BCUT2D eigenvalue weighted by Crippen LogP contribution is -2.26. The van der Waals surface area contributed by atoms with Crippen molar-refractivity contribution in [1.82, 2.24) is 9.47 Å². The Morgan fingerprint density at radius 3 is 2.35 bits per heavy atom. The summed E-state index contributed by atoms with van der Waals surface area (Å²) >= 11 is 0. The third kappa shape index (κ3) is 5.40. The van der Waals surface area contributed by atoms with Crippen molar-refractivity contribution in [2.75, 3.05) is 26.7 Å². The molecule has 0 aliphatic carbocycles. The van der Waals surface area contributed by atoms with Crippen LogP contribution in [0.2, 0.25) is 0 Å². The van der Waals surface area contributed by atoms with E-state index in [4.69, 9.17) is 9.47 Å². The Hall–Kier alpha value is -2.96. The van der Waals surface area contributed by atoms with Crippen LogP contribution in [0, 0.1) is 5.82 Å². The molecule has 0 amide bonds. The van der Waals surface area contributed by atoms with Gasteiger partial charge in [-0.2, -0.15) is 0 Å². The van der Waals surface area contributed by atoms with Crippen LogP contribution in [0.4, 0.5) is 4.39 Å². The van der Waals surface area contributed by atoms with Crippen LogP contribution in [0.15, 0.2) is 71.7 Å². The SMILES string of the molecule is COC(CN1CCCC1)c1ccc(-n2ccc(OCc3ccc(F)cc3)cc2=O)cc1. The molecule has 2 heterocycles. The summed E-state index contributed by atoms with van der Waals surface area (Å²) in [6, 6.07) is 17.2. The molecule has 1 aromatic heterocycles. The maximum atomic E-state index is 13.0. The van der Waals surface area contributed by atoms with Gasteiger partial charge in [0, 0.05) is 31.6 Å². The van der Waals surface area contributed by atoms with E-state index in [2.05, 4.69) is 4.90 Å². The van der Waals surface area contributed by atoms with Crippen molar-refractivity contribution in [2.45, 2.75) is 25.6 Å². The highest BCUT2D eigenvalue weighted by Crippen LogP contribution is 2.22. The van der Waals surface area contributed by atoms with E-state index >= 15 is 0 Å². The Morgan fingerprint density at radius 2 is 1.71 bits per heavy atom. The molecule has 0 bridgehead atoms. The standard InChI is InChI=1S/C25H27FN2O3/c1-30-24(17-27-13-2-3-14-27)20-6-10-22(11-7-20)28-15-12-23(16-25(28)29)31-18-19-4-8-21(26)9-5-19/h4-12,15-16,24H,2-3,13-14,17-18H2,1H3. The molecule has 0 spiro atoms. The van der Waals surface area contributed by atoms with Gasteiger partial charge < -0.3 is 14.4 Å². The van der Waals surface area contributed by atoms with Crippen LogP contribution in [0.25, 0.3) is 5.69 Å². The highest BCUT2D eigenvalue weighted by molar-refractivity contribution is 5.37. The van der Waals surface area contributed by atoms with Gasteiger partial charge in [0.25, 0.3) is 5.56 Å². The minimum Gasteiger partial charge on any atom is -0.489 e. The normalized spacial score (nSPS) is 15.2. The van der Waals surface area contributed by atoms with Crippen molar-refractivity contribution in [3.05, 3.63) is 94.2 Å². The number of nitrogens with zero attached hydrogens (tertiary/aromatic N) is 2. The van der Waals surface area contributed by atoms with E-state index in [-0.39, 0.29) is 24.1 Å². The zero-order chi connectivity index (χ0) is 21.6. The Kier molecular flexibility index (Phi) is 6.79. The molecule has 3 aromatic rings. The van der Waals surface area contributed by atoms with Gasteiger partial charge in [-0.25, -0.2) is 4.39 Å². The predicted octanol–water partition coefficient (Wildman–Crippen LogP) is 4.34. The maximum Gasteiger partial charge on any atom is 0.258 e. The summed E-state index contributed by atoms with van der Waals surface area (Å²) < 4.78 is 26.0. The van der Waals surface area contributed by atoms with E-state index < -0.39 is 0 Å². The van der Waals surface area contributed by atoms with Crippen LogP contribution in [-0.2, 0) is 11.3 Å². The van der Waals surface area contributed by atoms with Gasteiger partial charge >= 0.3 is 0 Å². The summed E-state index contributed by atoms with van der Waals surface area (Å²) in [7, 11) is 1.74. The highest BCUT2D eigenvalue weighted by atomic mass is 19.1. The number of rotatable bonds is 8. The average molecular weight is 423 g/mol. The zero-order valence-corrected chi connectivity index (χ0v) is 17.7. The quantitative estimate of drug-likeness (QED) is 0.542. The molecule has 1 saturated heterocycles. The van der Waals surface area contributed by atoms with Gasteiger partial charge in [0.1, 0.15) is 18.2 Å². The number of likely N-dealkylation sites (tertiary alicyclic amines) is 1. The summed E-state index contributed by atoms with van der Waals surface area (Å²) in [4.78, 5) is 15.0. The molecule has 1 aliphatic heterocycles. The van der Waals surface area contributed by atoms with Crippen molar-refractivity contribution >= 4 is 0 Å². The summed E-state index contributed by atoms with van der Waals surface area (Å²) in [6.07, 6.45) is 4.23. The molecular formula is C25H27FN2O3. The number of halogens is 1. The lowest BCUT2D eigenvalue weighted by Gasteiger charge is -2.23. The Morgan fingerprint density at radius 1 is 1.00 bits per heavy atom. The molecule has 1 aliphatic rings. The summed E-state index contributed by atoms with van der Waals surface area (Å²) in [6.45, 7) is 3.41. The fourth-order valence-corrected chi connectivity index (χ4v) is 3.88. The minimum absolute atomic E-state index is 0.0195. The van der Waals surface area contributed by atoms with Crippen LogP contribution < -0.4 is 10.3 Å². The van der Waals surface area contributed by atoms with Crippen LogP contribution in [-0.4, -0.2) is 36.2 Å². The van der Waals surface area contributed by atoms with Crippen molar-refractivity contribution < 1.29 is 13.9 Å². The molecule has 1 unspecified atom stereocenters. The van der Waals surface area contributed by atoms with Crippen LogP contribution in [0.5, 0.6) is 5.75 Å². The largest absolute Gasteiger partial charge is 0.489 e.